The topological polar surface area (TPSA) is 103 Å². The first kappa shape index (κ1) is 23.3. The van der Waals surface area contributed by atoms with E-state index in [0.29, 0.717) is 32.6 Å². The second-order valence-electron chi connectivity index (χ2n) is 9.04. The molecular formula is C26H28N4O4S. The number of aromatic amines is 1. The molecule has 0 spiro atoms. The van der Waals surface area contributed by atoms with Gasteiger partial charge >= 0.3 is 0 Å². The Balaban J connectivity index is 1.12. The molecule has 0 atom stereocenters. The standard InChI is InChI=1S/C26H28N4O4S/c31-25(12-7-19-5-10-22(11-6-19)35(33,34)28-21-8-9-21)29-13-15-30(16-14-29)26(32)17-20-18-27-24-4-2-1-3-23(20)24/h1-7,10-12,18,21,27-28H,8-9,13-17H2/b12-7+. The van der Waals surface area contributed by atoms with E-state index >= 15 is 0 Å². The highest BCUT2D eigenvalue weighted by Gasteiger charge is 2.28. The quantitative estimate of drug-likeness (QED) is 0.495. The van der Waals surface area contributed by atoms with Crippen LogP contribution >= 0.6 is 0 Å². The number of fused-ring (bicyclic) bond motifs is 1. The molecular weight excluding hydrogens is 464 g/mol. The van der Waals surface area contributed by atoms with Gasteiger partial charge in [0.05, 0.1) is 11.3 Å². The van der Waals surface area contributed by atoms with Crippen LogP contribution in [0.1, 0.15) is 24.0 Å². The van der Waals surface area contributed by atoms with E-state index in [1.807, 2.05) is 35.4 Å². The van der Waals surface area contributed by atoms with Crippen molar-refractivity contribution in [1.29, 1.82) is 0 Å². The smallest absolute Gasteiger partial charge is 0.246 e. The van der Waals surface area contributed by atoms with Crippen molar-refractivity contribution in [3.63, 3.8) is 0 Å². The lowest BCUT2D eigenvalue weighted by Gasteiger charge is -2.34. The molecule has 9 heteroatoms. The lowest BCUT2D eigenvalue weighted by Crippen LogP contribution is -2.50. The van der Waals surface area contributed by atoms with Gasteiger partial charge in [0.25, 0.3) is 0 Å². The van der Waals surface area contributed by atoms with Crippen LogP contribution < -0.4 is 4.72 Å². The van der Waals surface area contributed by atoms with E-state index in [2.05, 4.69) is 9.71 Å². The Morgan fingerprint density at radius 1 is 0.971 bits per heavy atom. The summed E-state index contributed by atoms with van der Waals surface area (Å²) in [4.78, 5) is 32.4. The maximum atomic E-state index is 12.8. The van der Waals surface area contributed by atoms with Crippen LogP contribution in [0.4, 0.5) is 0 Å². The summed E-state index contributed by atoms with van der Waals surface area (Å²) in [6.45, 7) is 1.96. The molecule has 182 valence electrons. The summed E-state index contributed by atoms with van der Waals surface area (Å²) >= 11 is 0. The van der Waals surface area contributed by atoms with E-state index in [9.17, 15) is 18.0 Å². The van der Waals surface area contributed by atoms with Gasteiger partial charge in [-0.3, -0.25) is 9.59 Å². The third-order valence-corrected chi connectivity index (χ3v) is 8.00. The van der Waals surface area contributed by atoms with E-state index in [1.165, 1.54) is 6.08 Å². The first-order chi connectivity index (χ1) is 16.9. The minimum Gasteiger partial charge on any atom is -0.361 e. The fourth-order valence-corrected chi connectivity index (χ4v) is 5.55. The molecule has 0 radical (unpaired) electrons. The number of sulfonamides is 1. The van der Waals surface area contributed by atoms with Crippen LogP contribution in [0, 0.1) is 0 Å². The number of benzene rings is 2. The summed E-state index contributed by atoms with van der Waals surface area (Å²) < 4.78 is 27.2. The molecule has 2 aliphatic rings. The molecule has 1 aliphatic heterocycles. The Hall–Kier alpha value is -3.43. The summed E-state index contributed by atoms with van der Waals surface area (Å²) in [5, 5.41) is 1.06. The Bertz CT molecular complexity index is 1370. The zero-order valence-corrected chi connectivity index (χ0v) is 20.1. The summed E-state index contributed by atoms with van der Waals surface area (Å²) in [5.74, 6) is -0.0653. The summed E-state index contributed by atoms with van der Waals surface area (Å²) in [6.07, 6.45) is 7.17. The van der Waals surface area contributed by atoms with E-state index in [1.54, 1.807) is 35.2 Å². The summed E-state index contributed by atoms with van der Waals surface area (Å²) in [6, 6.07) is 14.5. The van der Waals surface area contributed by atoms with Crippen molar-refractivity contribution in [1.82, 2.24) is 19.5 Å². The van der Waals surface area contributed by atoms with Gasteiger partial charge in [-0.2, -0.15) is 0 Å². The molecule has 0 unspecified atom stereocenters. The minimum absolute atomic E-state index is 0.0569. The fraction of sp³-hybridized carbons (Fsp3) is 0.308. The van der Waals surface area contributed by atoms with Gasteiger partial charge in [-0.15, -0.1) is 0 Å². The zero-order chi connectivity index (χ0) is 24.4. The molecule has 1 saturated carbocycles. The van der Waals surface area contributed by atoms with E-state index in [0.717, 1.165) is 34.9 Å². The van der Waals surface area contributed by atoms with Crippen LogP contribution in [0.2, 0.25) is 0 Å². The number of nitrogens with zero attached hydrogens (tertiary/aromatic N) is 2. The fourth-order valence-electron chi connectivity index (χ4n) is 4.25. The van der Waals surface area contributed by atoms with Crippen molar-refractivity contribution in [2.24, 2.45) is 0 Å². The van der Waals surface area contributed by atoms with Crippen molar-refractivity contribution in [2.75, 3.05) is 26.2 Å². The van der Waals surface area contributed by atoms with E-state index < -0.39 is 10.0 Å². The Morgan fingerprint density at radius 2 is 1.66 bits per heavy atom. The summed E-state index contributed by atoms with van der Waals surface area (Å²) in [5.41, 5.74) is 2.74. The highest BCUT2D eigenvalue weighted by molar-refractivity contribution is 7.89. The SMILES string of the molecule is O=C(/C=C/c1ccc(S(=O)(=O)NC2CC2)cc1)N1CCN(C(=O)Cc2c[nH]c3ccccc23)CC1. The predicted octanol–water partition coefficient (Wildman–Crippen LogP) is 2.54. The number of piperazine rings is 1. The number of para-hydroxylation sites is 1. The average molecular weight is 493 g/mol. The molecule has 3 aromatic rings. The first-order valence-electron chi connectivity index (χ1n) is 11.8. The molecule has 1 saturated heterocycles. The Morgan fingerprint density at radius 3 is 2.37 bits per heavy atom. The number of hydrogen-bond donors (Lipinski definition) is 2. The molecule has 2 N–H and O–H groups in total. The molecule has 35 heavy (non-hydrogen) atoms. The van der Waals surface area contributed by atoms with Crippen molar-refractivity contribution in [3.8, 4) is 0 Å². The van der Waals surface area contributed by atoms with Gasteiger partial charge in [0.15, 0.2) is 0 Å². The van der Waals surface area contributed by atoms with Gasteiger partial charge in [-0.25, -0.2) is 13.1 Å². The summed E-state index contributed by atoms with van der Waals surface area (Å²) in [7, 11) is -3.49. The van der Waals surface area contributed by atoms with Gasteiger partial charge in [0.2, 0.25) is 21.8 Å². The molecule has 1 aliphatic carbocycles. The van der Waals surface area contributed by atoms with Crippen LogP contribution in [0.15, 0.2) is 65.7 Å². The van der Waals surface area contributed by atoms with Crippen LogP contribution in [0.5, 0.6) is 0 Å². The number of aromatic nitrogens is 1. The maximum Gasteiger partial charge on any atom is 0.246 e. The largest absolute Gasteiger partial charge is 0.361 e. The number of carbonyl (C=O) groups excluding carboxylic acids is 2. The number of nitrogens with one attached hydrogen (secondary N) is 2. The molecule has 0 bridgehead atoms. The number of hydrogen-bond acceptors (Lipinski definition) is 4. The number of amides is 2. The molecule has 1 aromatic heterocycles. The maximum absolute atomic E-state index is 12.8. The van der Waals surface area contributed by atoms with Crippen LogP contribution in [-0.4, -0.2) is 67.2 Å². The minimum atomic E-state index is -3.49. The molecule has 8 nitrogen and oxygen atoms in total. The molecule has 2 heterocycles. The lowest BCUT2D eigenvalue weighted by atomic mass is 10.1. The van der Waals surface area contributed by atoms with Crippen molar-refractivity contribution < 1.29 is 18.0 Å². The number of H-pyrrole nitrogens is 1. The average Bonchev–Trinajstić information content (AvgIpc) is 3.59. The first-order valence-corrected chi connectivity index (χ1v) is 13.3. The normalized spacial score (nSPS) is 16.8. The lowest BCUT2D eigenvalue weighted by molar-refractivity contribution is -0.136. The monoisotopic (exact) mass is 492 g/mol. The van der Waals surface area contributed by atoms with Gasteiger partial charge in [0.1, 0.15) is 0 Å². The van der Waals surface area contributed by atoms with Crippen molar-refractivity contribution in [2.45, 2.75) is 30.2 Å². The molecule has 2 fully saturated rings. The Kier molecular flexibility index (Phi) is 6.44. The van der Waals surface area contributed by atoms with Crippen molar-refractivity contribution >= 4 is 38.8 Å². The highest BCUT2D eigenvalue weighted by atomic mass is 32.2. The van der Waals surface area contributed by atoms with Crippen LogP contribution in [0.25, 0.3) is 17.0 Å². The van der Waals surface area contributed by atoms with Gasteiger partial charge < -0.3 is 14.8 Å². The van der Waals surface area contributed by atoms with Crippen LogP contribution in [0.3, 0.4) is 0 Å². The third kappa shape index (κ3) is 5.47. The zero-order valence-electron chi connectivity index (χ0n) is 19.3. The van der Waals surface area contributed by atoms with E-state index in [4.69, 9.17) is 0 Å². The van der Waals surface area contributed by atoms with E-state index in [-0.39, 0.29) is 22.8 Å². The van der Waals surface area contributed by atoms with Crippen molar-refractivity contribution in [3.05, 3.63) is 71.9 Å². The predicted molar refractivity (Wildman–Crippen MR) is 134 cm³/mol. The third-order valence-electron chi connectivity index (χ3n) is 6.47. The Labute approximate surface area is 204 Å². The van der Waals surface area contributed by atoms with Gasteiger partial charge in [-0.1, -0.05) is 30.3 Å². The number of carbonyl (C=O) groups is 2. The second kappa shape index (κ2) is 9.67. The molecule has 5 rings (SSSR count). The molecule has 2 aromatic carbocycles. The number of rotatable bonds is 7. The second-order valence-corrected chi connectivity index (χ2v) is 10.8. The van der Waals surface area contributed by atoms with Gasteiger partial charge in [-0.05, 0) is 48.2 Å². The van der Waals surface area contributed by atoms with Gasteiger partial charge in [0, 0.05) is 55.4 Å². The highest BCUT2D eigenvalue weighted by Crippen LogP contribution is 2.22. The molecule has 2 amide bonds. The van der Waals surface area contributed by atoms with Crippen LogP contribution in [-0.2, 0) is 26.0 Å².